The van der Waals surface area contributed by atoms with Crippen molar-refractivity contribution < 1.29 is 14.3 Å². The van der Waals surface area contributed by atoms with E-state index in [0.717, 1.165) is 11.3 Å². The van der Waals surface area contributed by atoms with Crippen molar-refractivity contribution in [3.8, 4) is 5.75 Å². The van der Waals surface area contributed by atoms with Crippen LogP contribution >= 0.6 is 11.6 Å². The Morgan fingerprint density at radius 1 is 0.909 bits per heavy atom. The van der Waals surface area contributed by atoms with Gasteiger partial charge >= 0.3 is 0 Å². The third-order valence-corrected chi connectivity index (χ3v) is 5.95. The predicted octanol–water partition coefficient (Wildman–Crippen LogP) is 4.84. The van der Waals surface area contributed by atoms with E-state index in [0.29, 0.717) is 54.8 Å². The molecule has 2 amide bonds. The molecular weight excluding hydrogens is 438 g/mol. The highest BCUT2D eigenvalue weighted by Crippen LogP contribution is 2.35. The second kappa shape index (κ2) is 10.4. The smallest absolute Gasteiger partial charge is 0.255 e. The monoisotopic (exact) mass is 463 g/mol. The van der Waals surface area contributed by atoms with Gasteiger partial charge in [-0.25, -0.2) is 0 Å². The lowest BCUT2D eigenvalue weighted by Gasteiger charge is -2.37. The number of piperazine rings is 1. The first-order chi connectivity index (χ1) is 16.0. The Kier molecular flexibility index (Phi) is 7.15. The summed E-state index contributed by atoms with van der Waals surface area (Å²) in [5.41, 5.74) is 3.03. The average Bonchev–Trinajstić information content (AvgIpc) is 2.84. The van der Waals surface area contributed by atoms with E-state index < -0.39 is 0 Å². The van der Waals surface area contributed by atoms with Gasteiger partial charge in [0.25, 0.3) is 5.91 Å². The largest absolute Gasteiger partial charge is 0.489 e. The molecule has 6 nitrogen and oxygen atoms in total. The highest BCUT2D eigenvalue weighted by Gasteiger charge is 2.23. The molecule has 0 spiro atoms. The van der Waals surface area contributed by atoms with Gasteiger partial charge in [-0.05, 0) is 42.0 Å². The van der Waals surface area contributed by atoms with Crippen molar-refractivity contribution in [1.29, 1.82) is 0 Å². The quantitative estimate of drug-likeness (QED) is 0.568. The Morgan fingerprint density at radius 2 is 1.61 bits per heavy atom. The number of para-hydroxylation sites is 1. The molecule has 3 aromatic rings. The second-order valence-electron chi connectivity index (χ2n) is 7.88. The van der Waals surface area contributed by atoms with Crippen LogP contribution in [0.25, 0.3) is 0 Å². The van der Waals surface area contributed by atoms with Gasteiger partial charge in [-0.2, -0.15) is 0 Å². The lowest BCUT2D eigenvalue weighted by molar-refractivity contribution is -0.129. The Bertz CT molecular complexity index is 1110. The predicted molar refractivity (Wildman–Crippen MR) is 131 cm³/mol. The molecule has 170 valence electrons. The maximum atomic E-state index is 12.9. The van der Waals surface area contributed by atoms with Crippen LogP contribution in [0.4, 0.5) is 11.4 Å². The number of hydrogen-bond donors (Lipinski definition) is 1. The van der Waals surface area contributed by atoms with Gasteiger partial charge in [-0.1, -0.05) is 48.0 Å². The molecular formula is C26H26ClN3O3. The summed E-state index contributed by atoms with van der Waals surface area (Å²) in [5, 5.41) is 3.55. The van der Waals surface area contributed by atoms with Crippen molar-refractivity contribution in [2.45, 2.75) is 13.5 Å². The third-order valence-electron chi connectivity index (χ3n) is 5.64. The molecule has 0 aliphatic carbocycles. The molecule has 3 aromatic carbocycles. The van der Waals surface area contributed by atoms with Crippen LogP contribution in [0.1, 0.15) is 22.8 Å². The fourth-order valence-corrected chi connectivity index (χ4v) is 4.11. The Labute approximate surface area is 198 Å². The summed E-state index contributed by atoms with van der Waals surface area (Å²) in [4.78, 5) is 28.5. The number of rotatable bonds is 6. The molecule has 1 heterocycles. The topological polar surface area (TPSA) is 61.9 Å². The molecule has 1 N–H and O–H groups in total. The molecule has 1 aliphatic heterocycles. The summed E-state index contributed by atoms with van der Waals surface area (Å²) in [6.07, 6.45) is 0. The van der Waals surface area contributed by atoms with Crippen LogP contribution in [-0.4, -0.2) is 42.9 Å². The number of carbonyl (C=O) groups is 2. The SMILES string of the molecule is CC(=O)N1CCN(c2c(Cl)cccc2NC(=O)c2ccc(OCc3ccccc3)cc2)CC1. The Hall–Kier alpha value is -3.51. The Balaban J connectivity index is 1.42. The zero-order chi connectivity index (χ0) is 23.2. The molecule has 0 aromatic heterocycles. The highest BCUT2D eigenvalue weighted by molar-refractivity contribution is 6.34. The minimum atomic E-state index is -0.226. The standard InChI is InChI=1S/C26H26ClN3O3/c1-19(31)29-14-16-30(17-15-29)25-23(27)8-5-9-24(25)28-26(32)21-10-12-22(13-11-21)33-18-20-6-3-2-4-7-20/h2-13H,14-18H2,1H3,(H,28,32). The van der Waals surface area contributed by atoms with Crippen molar-refractivity contribution in [3.63, 3.8) is 0 Å². The normalized spacial score (nSPS) is 13.5. The second-order valence-corrected chi connectivity index (χ2v) is 8.29. The van der Waals surface area contributed by atoms with E-state index in [1.807, 2.05) is 53.4 Å². The van der Waals surface area contributed by atoms with Gasteiger partial charge in [0, 0.05) is 38.7 Å². The average molecular weight is 464 g/mol. The van der Waals surface area contributed by atoms with Gasteiger partial charge in [-0.3, -0.25) is 9.59 Å². The zero-order valence-corrected chi connectivity index (χ0v) is 19.2. The summed E-state index contributed by atoms with van der Waals surface area (Å²) in [6, 6.07) is 22.4. The summed E-state index contributed by atoms with van der Waals surface area (Å²) in [5.74, 6) is 0.538. The van der Waals surface area contributed by atoms with Crippen LogP contribution < -0.4 is 15.0 Å². The van der Waals surface area contributed by atoms with Gasteiger partial charge in [0.05, 0.1) is 16.4 Å². The van der Waals surface area contributed by atoms with E-state index >= 15 is 0 Å². The van der Waals surface area contributed by atoms with Gasteiger partial charge in [0.2, 0.25) is 5.91 Å². The maximum Gasteiger partial charge on any atom is 0.255 e. The van der Waals surface area contributed by atoms with E-state index in [1.165, 1.54) is 0 Å². The molecule has 1 saturated heterocycles. The van der Waals surface area contributed by atoms with Crippen LogP contribution in [0.5, 0.6) is 5.75 Å². The van der Waals surface area contributed by atoms with Crippen LogP contribution in [0.2, 0.25) is 5.02 Å². The van der Waals surface area contributed by atoms with Crippen LogP contribution in [-0.2, 0) is 11.4 Å². The van der Waals surface area contributed by atoms with Crippen molar-refractivity contribution in [2.24, 2.45) is 0 Å². The number of halogens is 1. The number of nitrogens with one attached hydrogen (secondary N) is 1. The van der Waals surface area contributed by atoms with E-state index in [1.54, 1.807) is 31.2 Å². The van der Waals surface area contributed by atoms with E-state index in [-0.39, 0.29) is 11.8 Å². The molecule has 7 heteroatoms. The lowest BCUT2D eigenvalue weighted by atomic mass is 10.1. The first kappa shape index (κ1) is 22.7. The molecule has 1 fully saturated rings. The number of anilines is 2. The van der Waals surface area contributed by atoms with Crippen LogP contribution in [0.3, 0.4) is 0 Å². The van der Waals surface area contributed by atoms with E-state index in [4.69, 9.17) is 16.3 Å². The molecule has 0 radical (unpaired) electrons. The van der Waals surface area contributed by atoms with Gasteiger partial charge < -0.3 is 19.9 Å². The van der Waals surface area contributed by atoms with E-state index in [2.05, 4.69) is 10.2 Å². The molecule has 0 bridgehead atoms. The van der Waals surface area contributed by atoms with Crippen molar-refractivity contribution in [3.05, 3.63) is 88.9 Å². The third kappa shape index (κ3) is 5.65. The van der Waals surface area contributed by atoms with Gasteiger partial charge in [-0.15, -0.1) is 0 Å². The summed E-state index contributed by atoms with van der Waals surface area (Å²) in [6.45, 7) is 4.60. The minimum absolute atomic E-state index is 0.0681. The maximum absolute atomic E-state index is 12.9. The minimum Gasteiger partial charge on any atom is -0.489 e. The highest BCUT2D eigenvalue weighted by atomic mass is 35.5. The van der Waals surface area contributed by atoms with Gasteiger partial charge in [0.1, 0.15) is 12.4 Å². The number of benzene rings is 3. The molecule has 1 aliphatic rings. The molecule has 0 unspecified atom stereocenters. The summed E-state index contributed by atoms with van der Waals surface area (Å²) < 4.78 is 5.80. The van der Waals surface area contributed by atoms with Crippen LogP contribution in [0, 0.1) is 0 Å². The van der Waals surface area contributed by atoms with Crippen molar-refractivity contribution >= 4 is 34.8 Å². The molecule has 4 rings (SSSR count). The summed E-state index contributed by atoms with van der Waals surface area (Å²) >= 11 is 6.51. The molecule has 0 atom stereocenters. The first-order valence-electron chi connectivity index (χ1n) is 10.9. The molecule has 0 saturated carbocycles. The van der Waals surface area contributed by atoms with Crippen molar-refractivity contribution in [1.82, 2.24) is 4.90 Å². The van der Waals surface area contributed by atoms with E-state index in [9.17, 15) is 9.59 Å². The summed E-state index contributed by atoms with van der Waals surface area (Å²) in [7, 11) is 0. The number of hydrogen-bond acceptors (Lipinski definition) is 4. The van der Waals surface area contributed by atoms with Crippen LogP contribution in [0.15, 0.2) is 72.8 Å². The number of ether oxygens (including phenoxy) is 1. The fraction of sp³-hybridized carbons (Fsp3) is 0.231. The molecule has 33 heavy (non-hydrogen) atoms. The number of amides is 2. The number of nitrogens with zero attached hydrogens (tertiary/aromatic N) is 2. The zero-order valence-electron chi connectivity index (χ0n) is 18.5. The first-order valence-corrected chi connectivity index (χ1v) is 11.3. The Morgan fingerprint density at radius 3 is 2.27 bits per heavy atom. The number of carbonyl (C=O) groups excluding carboxylic acids is 2. The van der Waals surface area contributed by atoms with Crippen molar-refractivity contribution in [2.75, 3.05) is 36.4 Å². The van der Waals surface area contributed by atoms with Gasteiger partial charge in [0.15, 0.2) is 0 Å². The fourth-order valence-electron chi connectivity index (χ4n) is 3.82. The lowest BCUT2D eigenvalue weighted by Crippen LogP contribution is -2.48.